The summed E-state index contributed by atoms with van der Waals surface area (Å²) in [5.74, 6) is -5.75. The van der Waals surface area contributed by atoms with Crippen LogP contribution in [0.25, 0.3) is 0 Å². The lowest BCUT2D eigenvalue weighted by Gasteiger charge is -2.32. The molecule has 6 nitrogen and oxygen atoms in total. The summed E-state index contributed by atoms with van der Waals surface area (Å²) in [5.41, 5.74) is 0.973. The average Bonchev–Trinajstić information content (AvgIpc) is 2.85. The maximum Gasteiger partial charge on any atom is 0.451 e. The molecule has 11 heteroatoms. The number of rotatable bonds is 7. The molecule has 0 fully saturated rings. The molecule has 1 aliphatic rings. The summed E-state index contributed by atoms with van der Waals surface area (Å²) in [5, 5.41) is 0. The van der Waals surface area contributed by atoms with Gasteiger partial charge in [0.2, 0.25) is 5.76 Å². The molecular formula is C25H27F5N2O4. The number of amides is 1. The highest BCUT2D eigenvalue weighted by molar-refractivity contribution is 5.98. The Labute approximate surface area is 205 Å². The largest absolute Gasteiger partial charge is 0.459 e. The third kappa shape index (κ3) is 6.52. The number of hydrogen-bond donors (Lipinski definition) is 1. The number of allylic oxidation sites excluding steroid dienone is 2. The fourth-order valence-electron chi connectivity index (χ4n) is 3.67. The third-order valence-electron chi connectivity index (χ3n) is 5.06. The van der Waals surface area contributed by atoms with Crippen LogP contribution in [0.15, 0.2) is 65.7 Å². The number of carbonyl (C=O) groups excluding carboxylic acids is 2. The molecule has 36 heavy (non-hydrogen) atoms. The van der Waals surface area contributed by atoms with Crippen molar-refractivity contribution in [1.29, 1.82) is 0 Å². The molecular weight excluding hydrogens is 487 g/mol. The summed E-state index contributed by atoms with van der Waals surface area (Å²) in [7, 11) is 0. The molecule has 1 aliphatic heterocycles. The Morgan fingerprint density at radius 2 is 1.75 bits per heavy atom. The maximum absolute atomic E-state index is 13.8. The minimum absolute atomic E-state index is 0.114. The molecule has 1 N–H and O–H groups in total. The van der Waals surface area contributed by atoms with Crippen molar-refractivity contribution in [3.63, 3.8) is 0 Å². The van der Waals surface area contributed by atoms with Gasteiger partial charge in [-0.2, -0.15) is 13.2 Å². The second kappa shape index (κ2) is 10.5. The third-order valence-corrected chi connectivity index (χ3v) is 5.06. The van der Waals surface area contributed by atoms with Crippen LogP contribution >= 0.6 is 0 Å². The number of nitrogens with one attached hydrogen (secondary N) is 1. The SMILES string of the molecule is C=C(C)C1=C(NOC(=C)C(F)(F)F)C(C(=O)OC(C)C)=CN(C(=O)c2ccc(F)c(F)c2)CC1(C)C. The van der Waals surface area contributed by atoms with Gasteiger partial charge in [-0.05, 0) is 51.1 Å². The first-order valence-corrected chi connectivity index (χ1v) is 10.7. The summed E-state index contributed by atoms with van der Waals surface area (Å²) in [6, 6.07) is 2.56. The Bertz CT molecular complexity index is 1150. The van der Waals surface area contributed by atoms with Crippen molar-refractivity contribution in [3.8, 4) is 0 Å². The highest BCUT2D eigenvalue weighted by Gasteiger charge is 2.39. The summed E-state index contributed by atoms with van der Waals surface area (Å²) in [6.45, 7) is 14.6. The highest BCUT2D eigenvalue weighted by Crippen LogP contribution is 2.39. The Kier molecular flexibility index (Phi) is 8.38. The van der Waals surface area contributed by atoms with Crippen molar-refractivity contribution in [3.05, 3.63) is 82.9 Å². The van der Waals surface area contributed by atoms with Crippen molar-refractivity contribution >= 4 is 11.9 Å². The van der Waals surface area contributed by atoms with Crippen molar-refractivity contribution in [1.82, 2.24) is 10.4 Å². The van der Waals surface area contributed by atoms with Gasteiger partial charge in [0.1, 0.15) is 5.57 Å². The smallest absolute Gasteiger partial charge is 0.451 e. The summed E-state index contributed by atoms with van der Waals surface area (Å²) >= 11 is 0. The normalized spacial score (nSPS) is 15.8. The van der Waals surface area contributed by atoms with Crippen LogP contribution in [0.3, 0.4) is 0 Å². The molecule has 1 amide bonds. The number of esters is 1. The van der Waals surface area contributed by atoms with E-state index in [1.54, 1.807) is 34.6 Å². The fraction of sp³-hybridized carbons (Fsp3) is 0.360. The van der Waals surface area contributed by atoms with Crippen LogP contribution in [-0.2, 0) is 14.4 Å². The van der Waals surface area contributed by atoms with Gasteiger partial charge in [0.15, 0.2) is 11.6 Å². The number of nitrogens with zero attached hydrogens (tertiary/aromatic N) is 1. The number of halogens is 5. The van der Waals surface area contributed by atoms with Gasteiger partial charge in [-0.1, -0.05) is 26.0 Å². The maximum atomic E-state index is 13.8. The van der Waals surface area contributed by atoms with Crippen LogP contribution in [0.5, 0.6) is 0 Å². The average molecular weight is 514 g/mol. The van der Waals surface area contributed by atoms with E-state index in [-0.39, 0.29) is 29.0 Å². The van der Waals surface area contributed by atoms with Gasteiger partial charge in [0, 0.05) is 23.7 Å². The van der Waals surface area contributed by atoms with Crippen LogP contribution in [0.4, 0.5) is 22.0 Å². The van der Waals surface area contributed by atoms with E-state index in [4.69, 9.17) is 4.74 Å². The van der Waals surface area contributed by atoms with E-state index in [0.29, 0.717) is 11.6 Å². The lowest BCUT2D eigenvalue weighted by atomic mass is 9.79. The zero-order valence-electron chi connectivity index (χ0n) is 20.5. The molecule has 0 spiro atoms. The van der Waals surface area contributed by atoms with Gasteiger partial charge in [-0.3, -0.25) is 4.79 Å². The van der Waals surface area contributed by atoms with Gasteiger partial charge in [-0.25, -0.2) is 19.1 Å². The molecule has 0 bridgehead atoms. The fourth-order valence-corrected chi connectivity index (χ4v) is 3.67. The van der Waals surface area contributed by atoms with Crippen LogP contribution in [0, 0.1) is 17.0 Å². The predicted octanol–water partition coefficient (Wildman–Crippen LogP) is 5.71. The lowest BCUT2D eigenvalue weighted by Crippen LogP contribution is -2.36. The van der Waals surface area contributed by atoms with Gasteiger partial charge in [0.05, 0.1) is 11.8 Å². The van der Waals surface area contributed by atoms with Crippen LogP contribution in [0.1, 0.15) is 45.0 Å². The molecule has 1 heterocycles. The van der Waals surface area contributed by atoms with Crippen molar-refractivity contribution < 1.29 is 41.1 Å². The first-order chi connectivity index (χ1) is 16.5. The number of ether oxygens (including phenoxy) is 1. The summed E-state index contributed by atoms with van der Waals surface area (Å²) in [4.78, 5) is 32.0. The molecule has 1 aromatic carbocycles. The zero-order chi connectivity index (χ0) is 27.6. The molecule has 0 aliphatic carbocycles. The van der Waals surface area contributed by atoms with E-state index in [1.807, 2.05) is 0 Å². The number of hydroxylamine groups is 1. The molecule has 0 saturated heterocycles. The van der Waals surface area contributed by atoms with Crippen LogP contribution in [0.2, 0.25) is 0 Å². The van der Waals surface area contributed by atoms with E-state index in [2.05, 4.69) is 23.5 Å². The molecule has 0 atom stereocenters. The minimum atomic E-state index is -4.89. The van der Waals surface area contributed by atoms with Gasteiger partial charge >= 0.3 is 12.1 Å². The number of hydrogen-bond acceptors (Lipinski definition) is 5. The predicted molar refractivity (Wildman–Crippen MR) is 122 cm³/mol. The monoisotopic (exact) mass is 514 g/mol. The van der Waals surface area contributed by atoms with Crippen LogP contribution < -0.4 is 5.48 Å². The molecule has 2 rings (SSSR count). The van der Waals surface area contributed by atoms with Crippen molar-refractivity contribution in [2.24, 2.45) is 5.41 Å². The minimum Gasteiger partial charge on any atom is -0.459 e. The second-order valence-corrected chi connectivity index (χ2v) is 9.10. The number of alkyl halides is 3. The zero-order valence-corrected chi connectivity index (χ0v) is 20.5. The van der Waals surface area contributed by atoms with E-state index < -0.39 is 47.0 Å². The van der Waals surface area contributed by atoms with E-state index >= 15 is 0 Å². The number of carbonyl (C=O) groups is 2. The van der Waals surface area contributed by atoms with Crippen molar-refractivity contribution in [2.75, 3.05) is 6.54 Å². The van der Waals surface area contributed by atoms with E-state index in [1.165, 1.54) is 0 Å². The number of benzene rings is 1. The Hall–Kier alpha value is -3.63. The summed E-state index contributed by atoms with van der Waals surface area (Å²) < 4.78 is 71.5. The van der Waals surface area contributed by atoms with E-state index in [9.17, 15) is 31.5 Å². The topological polar surface area (TPSA) is 67.9 Å². The Morgan fingerprint density at radius 3 is 2.25 bits per heavy atom. The molecule has 0 radical (unpaired) electrons. The van der Waals surface area contributed by atoms with Crippen LogP contribution in [-0.4, -0.2) is 35.6 Å². The molecule has 0 aromatic heterocycles. The van der Waals surface area contributed by atoms with Gasteiger partial charge < -0.3 is 14.5 Å². The quantitative estimate of drug-likeness (QED) is 0.219. The van der Waals surface area contributed by atoms with Crippen molar-refractivity contribution in [2.45, 2.75) is 46.9 Å². The first kappa shape index (κ1) is 28.6. The second-order valence-electron chi connectivity index (χ2n) is 9.10. The van der Waals surface area contributed by atoms with E-state index in [0.717, 1.165) is 23.2 Å². The molecule has 0 unspecified atom stereocenters. The first-order valence-electron chi connectivity index (χ1n) is 10.7. The molecule has 1 aromatic rings. The molecule has 0 saturated carbocycles. The molecule has 196 valence electrons. The highest BCUT2D eigenvalue weighted by atomic mass is 19.4. The van der Waals surface area contributed by atoms with Gasteiger partial charge in [0.25, 0.3) is 5.91 Å². The standard InChI is InChI=1S/C25H27F5N2O4/c1-13(2)20-21(31-36-15(5)25(28,29)30)17(23(34)35-14(3)4)11-32(12-24(20,6)7)22(33)16-8-9-18(26)19(27)10-16/h8-11,14,31H,1,5,12H2,2-4,6-7H3. The lowest BCUT2D eigenvalue weighted by molar-refractivity contribution is -0.143. The Morgan fingerprint density at radius 1 is 1.14 bits per heavy atom. The summed E-state index contributed by atoms with van der Waals surface area (Å²) in [6.07, 6.45) is -4.45. The van der Waals surface area contributed by atoms with Gasteiger partial charge in [-0.15, -0.1) is 0 Å². The Balaban J connectivity index is 2.71.